The number of thiophene rings is 1. The smallest absolute Gasteiger partial charge is 0.338 e. The second-order valence-electron chi connectivity index (χ2n) is 5.31. The maximum atomic E-state index is 10.4. The molecule has 6 heteroatoms. The number of nitrogens with zero attached hydrogens (tertiary/aromatic N) is 1. The van der Waals surface area contributed by atoms with E-state index in [-0.39, 0.29) is 0 Å². The lowest BCUT2D eigenvalue weighted by Crippen LogP contribution is -2.41. The highest BCUT2D eigenvalue weighted by molar-refractivity contribution is 7.10. The Balaban J connectivity index is 1.70. The van der Waals surface area contributed by atoms with Crippen LogP contribution in [0, 0.1) is 0 Å². The molecule has 1 saturated heterocycles. The molecule has 0 bridgehead atoms. The van der Waals surface area contributed by atoms with Gasteiger partial charge < -0.3 is 5.11 Å². The summed E-state index contributed by atoms with van der Waals surface area (Å²) in [6.45, 7) is 1.59. The summed E-state index contributed by atoms with van der Waals surface area (Å²) >= 11 is 8.04. The van der Waals surface area contributed by atoms with E-state index in [1.165, 1.54) is 10.4 Å². The van der Waals surface area contributed by atoms with Gasteiger partial charge in [0.05, 0.1) is 0 Å². The lowest BCUT2D eigenvalue weighted by Gasteiger charge is -2.34. The first-order valence-electron chi connectivity index (χ1n) is 6.80. The van der Waals surface area contributed by atoms with Crippen molar-refractivity contribution >= 4 is 22.9 Å². The van der Waals surface area contributed by atoms with Crippen LogP contribution in [-0.4, -0.2) is 22.5 Å². The van der Waals surface area contributed by atoms with E-state index in [2.05, 4.69) is 16.3 Å². The summed E-state index contributed by atoms with van der Waals surface area (Å²) in [6.07, 6.45) is 0.954. The summed E-state index contributed by atoms with van der Waals surface area (Å²) in [7, 11) is 0. The number of hydrogen-bond acceptors (Lipinski definition) is 5. The highest BCUT2D eigenvalue weighted by Crippen LogP contribution is 2.46. The molecule has 2 aliphatic rings. The molecule has 2 aromatic rings. The Hall–Kier alpha value is -0.950. The largest absolute Gasteiger partial charge is 0.357 e. The van der Waals surface area contributed by atoms with Crippen molar-refractivity contribution in [1.82, 2.24) is 4.90 Å². The van der Waals surface area contributed by atoms with Gasteiger partial charge in [0, 0.05) is 23.0 Å². The van der Waals surface area contributed by atoms with Crippen LogP contribution in [0.2, 0.25) is 5.02 Å². The fourth-order valence-corrected chi connectivity index (χ4v) is 4.13. The molecule has 21 heavy (non-hydrogen) atoms. The molecule has 1 atom stereocenters. The first kappa shape index (κ1) is 13.7. The van der Waals surface area contributed by atoms with Crippen molar-refractivity contribution in [2.45, 2.75) is 25.0 Å². The standard InChI is InChI=1S/C15H14ClNO3S/c16-12-4-2-1-3-11(12)14(15(18)19-20-15)17-7-5-10-6-8-21-13(10)9-17/h1-4,6,8,14,18H,5,7,9H2. The van der Waals surface area contributed by atoms with Gasteiger partial charge in [0.15, 0.2) is 0 Å². The van der Waals surface area contributed by atoms with Crippen molar-refractivity contribution in [2.75, 3.05) is 6.54 Å². The molecule has 1 N–H and O–H groups in total. The van der Waals surface area contributed by atoms with E-state index in [1.54, 1.807) is 11.3 Å². The van der Waals surface area contributed by atoms with Gasteiger partial charge in [-0.05, 0) is 35.1 Å². The Bertz CT molecular complexity index is 670. The minimum absolute atomic E-state index is 0.429. The number of benzene rings is 1. The molecule has 4 nitrogen and oxygen atoms in total. The van der Waals surface area contributed by atoms with Crippen LogP contribution in [0.15, 0.2) is 35.7 Å². The van der Waals surface area contributed by atoms with Crippen molar-refractivity contribution in [1.29, 1.82) is 0 Å². The fraction of sp³-hybridized carbons (Fsp3) is 0.333. The summed E-state index contributed by atoms with van der Waals surface area (Å²) in [5.41, 5.74) is 2.21. The van der Waals surface area contributed by atoms with Gasteiger partial charge >= 0.3 is 5.97 Å². The SMILES string of the molecule is OC1(C(c2ccccc2Cl)N2CCc3ccsc3C2)OO1. The average molecular weight is 324 g/mol. The predicted octanol–water partition coefficient (Wildman–Crippen LogP) is 3.11. The van der Waals surface area contributed by atoms with E-state index in [1.807, 2.05) is 24.3 Å². The molecule has 0 saturated carbocycles. The summed E-state index contributed by atoms with van der Waals surface area (Å²) < 4.78 is 0. The Labute approximate surface area is 131 Å². The summed E-state index contributed by atoms with van der Waals surface area (Å²) in [5.74, 6) is -1.60. The van der Waals surface area contributed by atoms with Gasteiger partial charge in [-0.3, -0.25) is 4.90 Å². The van der Waals surface area contributed by atoms with Gasteiger partial charge in [-0.2, -0.15) is 9.78 Å². The molecule has 1 unspecified atom stereocenters. The minimum Gasteiger partial charge on any atom is -0.338 e. The minimum atomic E-state index is -1.60. The lowest BCUT2D eigenvalue weighted by molar-refractivity contribution is -0.0631. The van der Waals surface area contributed by atoms with Crippen LogP contribution in [0.1, 0.15) is 22.0 Å². The molecule has 1 fully saturated rings. The first-order chi connectivity index (χ1) is 10.2. The van der Waals surface area contributed by atoms with E-state index in [4.69, 9.17) is 21.4 Å². The zero-order chi connectivity index (χ0) is 14.4. The number of halogens is 1. The summed E-state index contributed by atoms with van der Waals surface area (Å²) in [5, 5.41) is 13.1. The van der Waals surface area contributed by atoms with Gasteiger partial charge in [-0.1, -0.05) is 29.8 Å². The highest BCUT2D eigenvalue weighted by atomic mass is 35.5. The monoisotopic (exact) mass is 323 g/mol. The predicted molar refractivity (Wildman–Crippen MR) is 79.7 cm³/mol. The quantitative estimate of drug-likeness (QED) is 0.696. The van der Waals surface area contributed by atoms with Crippen molar-refractivity contribution in [2.24, 2.45) is 0 Å². The molecule has 0 spiro atoms. The van der Waals surface area contributed by atoms with E-state index in [9.17, 15) is 5.11 Å². The molecule has 2 aliphatic heterocycles. The Morgan fingerprint density at radius 1 is 1.29 bits per heavy atom. The third-order valence-corrected chi connectivity index (χ3v) is 5.31. The number of hydrogen-bond donors (Lipinski definition) is 1. The number of rotatable bonds is 3. The third-order valence-electron chi connectivity index (χ3n) is 4.02. The molecule has 1 aromatic heterocycles. The molecular formula is C15H14ClNO3S. The second-order valence-corrected chi connectivity index (χ2v) is 6.72. The average Bonchev–Trinajstić information content (AvgIpc) is 3.04. The van der Waals surface area contributed by atoms with Crippen molar-refractivity contribution < 1.29 is 14.9 Å². The van der Waals surface area contributed by atoms with E-state index >= 15 is 0 Å². The van der Waals surface area contributed by atoms with Crippen molar-refractivity contribution in [3.05, 3.63) is 56.7 Å². The van der Waals surface area contributed by atoms with Crippen LogP contribution in [0.5, 0.6) is 0 Å². The maximum absolute atomic E-state index is 10.4. The zero-order valence-electron chi connectivity index (χ0n) is 11.2. The molecule has 110 valence electrons. The van der Waals surface area contributed by atoms with Gasteiger partial charge in [-0.15, -0.1) is 11.3 Å². The normalized spacial score (nSPS) is 21.8. The van der Waals surface area contributed by atoms with Crippen LogP contribution in [0.4, 0.5) is 0 Å². The number of fused-ring (bicyclic) bond motifs is 1. The Morgan fingerprint density at radius 2 is 2.10 bits per heavy atom. The first-order valence-corrected chi connectivity index (χ1v) is 8.06. The third kappa shape index (κ3) is 2.40. The topological polar surface area (TPSA) is 48.5 Å². The highest BCUT2D eigenvalue weighted by Gasteiger charge is 2.58. The second kappa shape index (κ2) is 5.05. The number of aliphatic hydroxyl groups is 1. The van der Waals surface area contributed by atoms with Crippen LogP contribution in [-0.2, 0) is 22.7 Å². The van der Waals surface area contributed by atoms with E-state index < -0.39 is 12.0 Å². The van der Waals surface area contributed by atoms with Gasteiger partial charge in [0.1, 0.15) is 6.04 Å². The van der Waals surface area contributed by atoms with Crippen LogP contribution in [0.25, 0.3) is 0 Å². The molecule has 0 aliphatic carbocycles. The van der Waals surface area contributed by atoms with Crippen molar-refractivity contribution in [3.8, 4) is 0 Å². The molecule has 3 heterocycles. The molecule has 1 aromatic carbocycles. The fourth-order valence-electron chi connectivity index (χ4n) is 2.93. The van der Waals surface area contributed by atoms with Gasteiger partial charge in [0.2, 0.25) is 0 Å². The van der Waals surface area contributed by atoms with Crippen LogP contribution < -0.4 is 0 Å². The van der Waals surface area contributed by atoms with E-state index in [0.717, 1.165) is 25.1 Å². The molecule has 4 rings (SSSR count). The summed E-state index contributed by atoms with van der Waals surface area (Å²) in [6, 6.07) is 9.23. The van der Waals surface area contributed by atoms with Gasteiger partial charge in [0.25, 0.3) is 0 Å². The van der Waals surface area contributed by atoms with Gasteiger partial charge in [-0.25, -0.2) is 0 Å². The lowest BCUT2D eigenvalue weighted by atomic mass is 9.99. The zero-order valence-corrected chi connectivity index (χ0v) is 12.7. The maximum Gasteiger partial charge on any atom is 0.357 e. The summed E-state index contributed by atoms with van der Waals surface area (Å²) in [4.78, 5) is 13.2. The molecule has 0 radical (unpaired) electrons. The Morgan fingerprint density at radius 3 is 2.86 bits per heavy atom. The van der Waals surface area contributed by atoms with Crippen molar-refractivity contribution in [3.63, 3.8) is 0 Å². The molecule has 0 amide bonds. The van der Waals surface area contributed by atoms with Crippen LogP contribution >= 0.6 is 22.9 Å². The van der Waals surface area contributed by atoms with E-state index in [0.29, 0.717) is 5.02 Å². The Kier molecular flexibility index (Phi) is 3.29. The van der Waals surface area contributed by atoms with Crippen LogP contribution in [0.3, 0.4) is 0 Å². The molecular weight excluding hydrogens is 310 g/mol.